The first-order valence-electron chi connectivity index (χ1n) is 5.18. The summed E-state index contributed by atoms with van der Waals surface area (Å²) in [5.41, 5.74) is 0. The number of morpholine rings is 1. The molecule has 0 spiro atoms. The van der Waals surface area contributed by atoms with Crippen LogP contribution in [0, 0.1) is 0 Å². The van der Waals surface area contributed by atoms with Crippen LogP contribution in [-0.4, -0.2) is 60.9 Å². The number of hydrogen-bond acceptors (Lipinski definition) is 4. The SMILES string of the molecule is BC1CN(I)CC(CON2CCC2)O1. The summed E-state index contributed by atoms with van der Waals surface area (Å²) < 4.78 is 8.05. The number of hydroxylamine groups is 2. The summed E-state index contributed by atoms with van der Waals surface area (Å²) in [6, 6.07) is 0.325. The smallest absolute Gasteiger partial charge is 0.140 e. The van der Waals surface area contributed by atoms with E-state index < -0.39 is 0 Å². The molecule has 0 N–H and O–H groups in total. The summed E-state index contributed by atoms with van der Waals surface area (Å²) >= 11 is 2.35. The summed E-state index contributed by atoms with van der Waals surface area (Å²) in [6.45, 7) is 4.84. The quantitative estimate of drug-likeness (QED) is 0.404. The molecule has 2 saturated heterocycles. The topological polar surface area (TPSA) is 24.9 Å². The van der Waals surface area contributed by atoms with Crippen molar-refractivity contribution >= 4 is 30.7 Å². The van der Waals surface area contributed by atoms with E-state index in [9.17, 15) is 0 Å². The fourth-order valence-electron chi connectivity index (χ4n) is 1.69. The highest BCUT2D eigenvalue weighted by molar-refractivity contribution is 14.1. The average Bonchev–Trinajstić information content (AvgIpc) is 1.99. The molecule has 6 heteroatoms. The van der Waals surface area contributed by atoms with Crippen LogP contribution in [0.25, 0.3) is 0 Å². The Morgan fingerprint density at radius 3 is 2.79 bits per heavy atom. The molecule has 2 unspecified atom stereocenters. The van der Waals surface area contributed by atoms with Gasteiger partial charge in [0.2, 0.25) is 0 Å². The van der Waals surface area contributed by atoms with E-state index in [2.05, 4.69) is 33.8 Å². The maximum absolute atomic E-state index is 5.78. The van der Waals surface area contributed by atoms with E-state index in [0.717, 1.165) is 26.2 Å². The molecule has 80 valence electrons. The lowest BCUT2D eigenvalue weighted by atomic mass is 9.98. The third-order valence-electron chi connectivity index (χ3n) is 2.54. The molecule has 2 aliphatic heterocycles. The minimum Gasteiger partial charge on any atom is -0.379 e. The fourth-order valence-corrected chi connectivity index (χ4v) is 2.68. The second kappa shape index (κ2) is 5.11. The van der Waals surface area contributed by atoms with Gasteiger partial charge in [0.25, 0.3) is 0 Å². The van der Waals surface area contributed by atoms with Gasteiger partial charge < -0.3 is 4.74 Å². The summed E-state index contributed by atoms with van der Waals surface area (Å²) in [6.07, 6.45) is 1.50. The Kier molecular flexibility index (Phi) is 4.06. The molecule has 0 aromatic rings. The second-order valence-electron chi connectivity index (χ2n) is 3.97. The van der Waals surface area contributed by atoms with E-state index in [4.69, 9.17) is 9.57 Å². The monoisotopic (exact) mass is 310 g/mol. The van der Waals surface area contributed by atoms with Crippen LogP contribution >= 0.6 is 22.9 Å². The van der Waals surface area contributed by atoms with Crippen LogP contribution in [0.4, 0.5) is 0 Å². The van der Waals surface area contributed by atoms with Gasteiger partial charge in [0.1, 0.15) is 7.85 Å². The lowest BCUT2D eigenvalue weighted by Gasteiger charge is -2.36. The van der Waals surface area contributed by atoms with Crippen molar-refractivity contribution in [2.24, 2.45) is 0 Å². The second-order valence-corrected chi connectivity index (χ2v) is 5.34. The maximum Gasteiger partial charge on any atom is 0.140 e. The van der Waals surface area contributed by atoms with E-state index >= 15 is 0 Å². The van der Waals surface area contributed by atoms with E-state index in [-0.39, 0.29) is 6.10 Å². The number of hydrogen-bond donors (Lipinski definition) is 0. The van der Waals surface area contributed by atoms with Crippen molar-refractivity contribution < 1.29 is 9.57 Å². The largest absolute Gasteiger partial charge is 0.379 e. The first-order chi connectivity index (χ1) is 6.74. The van der Waals surface area contributed by atoms with Crippen molar-refractivity contribution in [1.82, 2.24) is 8.18 Å². The Bertz CT molecular complexity index is 184. The van der Waals surface area contributed by atoms with Crippen LogP contribution in [0.5, 0.6) is 0 Å². The molecule has 14 heavy (non-hydrogen) atoms. The molecule has 0 aliphatic carbocycles. The highest BCUT2D eigenvalue weighted by Gasteiger charge is 2.25. The number of rotatable bonds is 3. The van der Waals surface area contributed by atoms with E-state index in [0.29, 0.717) is 12.6 Å². The lowest BCUT2D eigenvalue weighted by Crippen LogP contribution is -2.47. The van der Waals surface area contributed by atoms with Gasteiger partial charge in [-0.3, -0.25) is 4.84 Å². The predicted octanol–water partition coefficient (Wildman–Crippen LogP) is -0.366. The highest BCUT2D eigenvalue weighted by atomic mass is 127. The van der Waals surface area contributed by atoms with Crippen LogP contribution in [0.15, 0.2) is 0 Å². The predicted molar refractivity (Wildman–Crippen MR) is 64.9 cm³/mol. The van der Waals surface area contributed by atoms with Gasteiger partial charge in [-0.2, -0.15) is 5.06 Å². The van der Waals surface area contributed by atoms with E-state index in [1.807, 2.05) is 5.06 Å². The number of nitrogens with zero attached hydrogens (tertiary/aromatic N) is 2. The van der Waals surface area contributed by atoms with Gasteiger partial charge in [-0.25, -0.2) is 3.11 Å². The molecule has 2 atom stereocenters. The van der Waals surface area contributed by atoms with Gasteiger partial charge in [-0.05, 0) is 6.42 Å². The Hall–Kier alpha value is 0.635. The molecule has 2 fully saturated rings. The summed E-state index contributed by atoms with van der Waals surface area (Å²) in [5.74, 6) is 0. The van der Waals surface area contributed by atoms with Crippen molar-refractivity contribution in [3.8, 4) is 0 Å². The molecule has 2 heterocycles. The Labute approximate surface area is 99.8 Å². The molecule has 0 saturated carbocycles. The van der Waals surface area contributed by atoms with Gasteiger partial charge in [-0.15, -0.1) is 0 Å². The highest BCUT2D eigenvalue weighted by Crippen LogP contribution is 2.15. The van der Waals surface area contributed by atoms with Crippen molar-refractivity contribution in [2.75, 3.05) is 32.8 Å². The molecule has 0 amide bonds. The summed E-state index contributed by atoms with van der Waals surface area (Å²) in [7, 11) is 2.11. The van der Waals surface area contributed by atoms with Crippen LogP contribution < -0.4 is 0 Å². The molecular weight excluding hydrogens is 294 g/mol. The minimum atomic E-state index is 0.233. The van der Waals surface area contributed by atoms with Gasteiger partial charge in [0.15, 0.2) is 0 Å². The van der Waals surface area contributed by atoms with Gasteiger partial charge in [0, 0.05) is 55.0 Å². The van der Waals surface area contributed by atoms with Crippen LogP contribution in [-0.2, 0) is 9.57 Å². The first kappa shape index (κ1) is 11.1. The van der Waals surface area contributed by atoms with Crippen molar-refractivity contribution in [1.29, 1.82) is 0 Å². The molecule has 2 aliphatic rings. The van der Waals surface area contributed by atoms with Crippen molar-refractivity contribution in [2.45, 2.75) is 18.5 Å². The Balaban J connectivity index is 1.68. The normalized spacial score (nSPS) is 35.5. The van der Waals surface area contributed by atoms with Crippen LogP contribution in [0.1, 0.15) is 6.42 Å². The van der Waals surface area contributed by atoms with E-state index in [1.54, 1.807) is 0 Å². The average molecular weight is 310 g/mol. The zero-order chi connectivity index (χ0) is 9.97. The zero-order valence-electron chi connectivity index (χ0n) is 8.49. The van der Waals surface area contributed by atoms with Crippen LogP contribution in [0.3, 0.4) is 0 Å². The molecule has 4 nitrogen and oxygen atoms in total. The molecule has 0 aromatic heterocycles. The summed E-state index contributed by atoms with van der Waals surface area (Å²) in [4.78, 5) is 5.59. The Morgan fingerprint density at radius 2 is 2.21 bits per heavy atom. The molecule has 2 rings (SSSR count). The summed E-state index contributed by atoms with van der Waals surface area (Å²) in [5, 5.41) is 2.01. The fraction of sp³-hybridized carbons (Fsp3) is 1.00. The Morgan fingerprint density at radius 1 is 1.43 bits per heavy atom. The number of ether oxygens (including phenoxy) is 1. The maximum atomic E-state index is 5.78. The van der Waals surface area contributed by atoms with E-state index in [1.165, 1.54) is 6.42 Å². The first-order valence-corrected chi connectivity index (χ1v) is 6.14. The minimum absolute atomic E-state index is 0.233. The number of halogens is 1. The molecule has 0 aromatic carbocycles. The third kappa shape index (κ3) is 3.06. The van der Waals surface area contributed by atoms with Crippen molar-refractivity contribution in [3.05, 3.63) is 0 Å². The standard InChI is InChI=1S/C8H16BIN2O2/c9-8-5-11(10)4-7(14-8)6-13-12-2-1-3-12/h7-8H,1-6,9H2. The molecule has 0 radical (unpaired) electrons. The third-order valence-corrected chi connectivity index (χ3v) is 3.33. The lowest BCUT2D eigenvalue weighted by molar-refractivity contribution is -0.221. The van der Waals surface area contributed by atoms with Gasteiger partial charge in [-0.1, -0.05) is 0 Å². The van der Waals surface area contributed by atoms with Crippen molar-refractivity contribution in [3.63, 3.8) is 0 Å². The van der Waals surface area contributed by atoms with Gasteiger partial charge in [0.05, 0.1) is 12.7 Å². The zero-order valence-corrected chi connectivity index (χ0v) is 10.6. The van der Waals surface area contributed by atoms with Gasteiger partial charge >= 0.3 is 0 Å². The molecular formula is C8H16BIN2O2. The van der Waals surface area contributed by atoms with Crippen LogP contribution in [0.2, 0.25) is 0 Å². The molecule has 0 bridgehead atoms.